The van der Waals surface area contributed by atoms with E-state index in [4.69, 9.17) is 9.68 Å². The minimum absolute atomic E-state index is 0.0354. The molecule has 1 heterocycles. The highest BCUT2D eigenvalue weighted by Gasteiger charge is 2.31. The first-order valence-electron chi connectivity index (χ1n) is 7.75. The van der Waals surface area contributed by atoms with Gasteiger partial charge in [-0.3, -0.25) is 0 Å². The van der Waals surface area contributed by atoms with Gasteiger partial charge >= 0.3 is 0 Å². The first kappa shape index (κ1) is 16.5. The lowest BCUT2D eigenvalue weighted by atomic mass is 9.87. The lowest BCUT2D eigenvalue weighted by molar-refractivity contribution is 0.511. The van der Waals surface area contributed by atoms with Crippen LogP contribution in [0.2, 0.25) is 0 Å². The van der Waals surface area contributed by atoms with Crippen LogP contribution in [0.3, 0.4) is 0 Å². The van der Waals surface area contributed by atoms with Crippen molar-refractivity contribution in [3.63, 3.8) is 0 Å². The maximum Gasteiger partial charge on any atom is 0.264 e. The Morgan fingerprint density at radius 3 is 2.38 bits per heavy atom. The highest BCUT2D eigenvalue weighted by Crippen LogP contribution is 2.41. The molecule has 1 aliphatic carbocycles. The molecule has 6 nitrogen and oxygen atoms in total. The number of nitrogens with zero attached hydrogens (tertiary/aromatic N) is 2. The summed E-state index contributed by atoms with van der Waals surface area (Å²) in [6.45, 7) is 6.17. The molecular formula is C17H19N3O3S. The van der Waals surface area contributed by atoms with Crippen LogP contribution in [0.5, 0.6) is 0 Å². The summed E-state index contributed by atoms with van der Waals surface area (Å²) in [5.41, 5.74) is 0.940. The number of rotatable bonds is 4. The molecule has 1 fully saturated rings. The second-order valence-electron chi connectivity index (χ2n) is 7.00. The quantitative estimate of drug-likeness (QED) is 0.914. The molecular weight excluding hydrogens is 326 g/mol. The molecule has 1 saturated carbocycles. The number of benzene rings is 1. The van der Waals surface area contributed by atoms with Crippen LogP contribution < -0.4 is 4.72 Å². The second kappa shape index (κ2) is 5.64. The first-order chi connectivity index (χ1) is 11.2. The molecule has 1 aromatic heterocycles. The number of anilines is 1. The summed E-state index contributed by atoms with van der Waals surface area (Å²) in [6, 6.07) is 8.54. The molecule has 0 atom stereocenters. The number of nitrogens with one attached hydrogen (secondary N) is 1. The average molecular weight is 345 g/mol. The Kier molecular flexibility index (Phi) is 3.88. The van der Waals surface area contributed by atoms with Crippen molar-refractivity contribution in [1.29, 1.82) is 5.26 Å². The monoisotopic (exact) mass is 345 g/mol. The van der Waals surface area contributed by atoms with Crippen molar-refractivity contribution in [1.82, 2.24) is 4.98 Å². The van der Waals surface area contributed by atoms with E-state index in [0.717, 1.165) is 18.4 Å². The van der Waals surface area contributed by atoms with E-state index >= 15 is 0 Å². The molecule has 7 heteroatoms. The van der Waals surface area contributed by atoms with Crippen LogP contribution in [0.15, 0.2) is 33.6 Å². The van der Waals surface area contributed by atoms with E-state index in [1.54, 1.807) is 24.3 Å². The predicted molar refractivity (Wildman–Crippen MR) is 89.1 cm³/mol. The second-order valence-corrected chi connectivity index (χ2v) is 8.68. The molecule has 0 aliphatic heterocycles. The summed E-state index contributed by atoms with van der Waals surface area (Å²) in [5.74, 6) is 0.507. The molecule has 1 aromatic carbocycles. The van der Waals surface area contributed by atoms with Crippen LogP contribution in [-0.4, -0.2) is 13.4 Å². The van der Waals surface area contributed by atoms with Gasteiger partial charge in [0.25, 0.3) is 10.0 Å². The van der Waals surface area contributed by atoms with Crippen molar-refractivity contribution >= 4 is 15.9 Å². The Bertz CT molecular complexity index is 896. The zero-order chi connectivity index (χ0) is 17.5. The van der Waals surface area contributed by atoms with Crippen molar-refractivity contribution in [2.75, 3.05) is 4.72 Å². The average Bonchev–Trinajstić information content (AvgIpc) is 3.28. The van der Waals surface area contributed by atoms with Crippen molar-refractivity contribution in [3.05, 3.63) is 41.4 Å². The molecule has 1 aliphatic rings. The lowest BCUT2D eigenvalue weighted by Gasteiger charge is -2.19. The fourth-order valence-corrected chi connectivity index (χ4v) is 3.30. The minimum Gasteiger partial charge on any atom is -0.422 e. The zero-order valence-corrected chi connectivity index (χ0v) is 14.6. The van der Waals surface area contributed by atoms with Gasteiger partial charge < -0.3 is 4.42 Å². The van der Waals surface area contributed by atoms with Gasteiger partial charge in [0.2, 0.25) is 17.5 Å². The van der Waals surface area contributed by atoms with Gasteiger partial charge in [0, 0.05) is 5.92 Å². The van der Waals surface area contributed by atoms with E-state index < -0.39 is 10.0 Å². The Morgan fingerprint density at radius 2 is 1.88 bits per heavy atom. The summed E-state index contributed by atoms with van der Waals surface area (Å²) >= 11 is 0. The van der Waals surface area contributed by atoms with E-state index in [-0.39, 0.29) is 27.8 Å². The minimum atomic E-state index is -3.83. The standard InChI is InChI=1S/C17H19N3O3S/c1-17(2,3)12-6-8-13(9-7-12)24(21,22)20-16-14(10-18)19-15(23-16)11-4-5-11/h6-9,11,20H,4-5H2,1-3H3. The molecule has 3 rings (SSSR count). The number of oxazole rings is 1. The van der Waals surface area contributed by atoms with Crippen LogP contribution in [0.25, 0.3) is 0 Å². The van der Waals surface area contributed by atoms with E-state index in [2.05, 4.69) is 30.5 Å². The highest BCUT2D eigenvalue weighted by molar-refractivity contribution is 7.92. The molecule has 0 spiro atoms. The van der Waals surface area contributed by atoms with Crippen molar-refractivity contribution < 1.29 is 12.8 Å². The van der Waals surface area contributed by atoms with Gasteiger partial charge in [-0.25, -0.2) is 18.1 Å². The topological polar surface area (TPSA) is 96.0 Å². The predicted octanol–water partition coefficient (Wildman–Crippen LogP) is 3.52. The smallest absolute Gasteiger partial charge is 0.264 e. The normalized spacial score (nSPS) is 15.1. The zero-order valence-electron chi connectivity index (χ0n) is 13.8. The highest BCUT2D eigenvalue weighted by atomic mass is 32.2. The lowest BCUT2D eigenvalue weighted by Crippen LogP contribution is -2.15. The van der Waals surface area contributed by atoms with E-state index in [1.165, 1.54) is 0 Å². The summed E-state index contributed by atoms with van der Waals surface area (Å²) in [7, 11) is -3.83. The molecule has 0 bridgehead atoms. The fraction of sp³-hybridized carbons (Fsp3) is 0.412. The molecule has 126 valence electrons. The van der Waals surface area contributed by atoms with Gasteiger partial charge in [-0.15, -0.1) is 0 Å². The molecule has 0 radical (unpaired) electrons. The number of sulfonamides is 1. The SMILES string of the molecule is CC(C)(C)c1ccc(S(=O)(=O)Nc2oc(C3CC3)nc2C#N)cc1. The number of hydrogen-bond acceptors (Lipinski definition) is 5. The fourth-order valence-electron chi connectivity index (χ4n) is 2.30. The maximum atomic E-state index is 12.5. The third-order valence-electron chi connectivity index (χ3n) is 3.93. The third kappa shape index (κ3) is 3.29. The Morgan fingerprint density at radius 1 is 1.25 bits per heavy atom. The summed E-state index contributed by atoms with van der Waals surface area (Å²) in [4.78, 5) is 4.17. The Hall–Kier alpha value is -2.33. The van der Waals surface area contributed by atoms with E-state index in [0.29, 0.717) is 5.89 Å². The first-order valence-corrected chi connectivity index (χ1v) is 9.23. The summed E-state index contributed by atoms with van der Waals surface area (Å²) in [6.07, 6.45) is 1.90. The third-order valence-corrected chi connectivity index (χ3v) is 5.28. The molecule has 24 heavy (non-hydrogen) atoms. The Labute approximate surface area is 141 Å². The van der Waals surface area contributed by atoms with Gasteiger partial charge in [0.1, 0.15) is 6.07 Å². The van der Waals surface area contributed by atoms with Gasteiger partial charge in [0.15, 0.2) is 0 Å². The van der Waals surface area contributed by atoms with Gasteiger partial charge in [0.05, 0.1) is 4.90 Å². The van der Waals surface area contributed by atoms with Crippen LogP contribution in [0, 0.1) is 11.3 Å². The number of hydrogen-bond donors (Lipinski definition) is 1. The molecule has 1 N–H and O–H groups in total. The van der Waals surface area contributed by atoms with Crippen LogP contribution in [-0.2, 0) is 15.4 Å². The van der Waals surface area contributed by atoms with Crippen molar-refractivity contribution in [2.24, 2.45) is 0 Å². The van der Waals surface area contributed by atoms with Crippen LogP contribution >= 0.6 is 0 Å². The summed E-state index contributed by atoms with van der Waals surface area (Å²) < 4.78 is 32.8. The maximum absolute atomic E-state index is 12.5. The largest absolute Gasteiger partial charge is 0.422 e. The van der Waals surface area contributed by atoms with Gasteiger partial charge in [-0.05, 0) is 36.0 Å². The molecule has 2 aromatic rings. The van der Waals surface area contributed by atoms with Gasteiger partial charge in [-0.1, -0.05) is 32.9 Å². The van der Waals surface area contributed by atoms with E-state index in [9.17, 15) is 8.42 Å². The number of nitriles is 1. The van der Waals surface area contributed by atoms with Crippen LogP contribution in [0.4, 0.5) is 5.88 Å². The molecule has 0 saturated heterocycles. The van der Waals surface area contributed by atoms with E-state index in [1.807, 2.05) is 6.07 Å². The van der Waals surface area contributed by atoms with Crippen LogP contribution in [0.1, 0.15) is 56.7 Å². The van der Waals surface area contributed by atoms with Crippen molar-refractivity contribution in [3.8, 4) is 6.07 Å². The summed E-state index contributed by atoms with van der Waals surface area (Å²) in [5, 5.41) is 9.12. The Balaban J connectivity index is 1.87. The van der Waals surface area contributed by atoms with Gasteiger partial charge in [-0.2, -0.15) is 5.26 Å². The number of aromatic nitrogens is 1. The van der Waals surface area contributed by atoms with Crippen molar-refractivity contribution in [2.45, 2.75) is 49.8 Å². The molecule has 0 amide bonds. The molecule has 0 unspecified atom stereocenters.